The molecule has 1 aliphatic rings. The summed E-state index contributed by atoms with van der Waals surface area (Å²) in [6.45, 7) is 2.17. The van der Waals surface area contributed by atoms with Crippen LogP contribution in [0.25, 0.3) is 0 Å². The quantitative estimate of drug-likeness (QED) is 0.550. The highest BCUT2D eigenvalue weighted by atomic mass is 16.4. The second kappa shape index (κ2) is 4.47. The first-order chi connectivity index (χ1) is 7.31. The number of oxime groups is 1. The van der Waals surface area contributed by atoms with E-state index in [1.807, 2.05) is 0 Å². The monoisotopic (exact) mass is 203 g/mol. The first-order valence-electron chi connectivity index (χ1n) is 5.56. The molecule has 0 saturated heterocycles. The maximum atomic E-state index is 8.69. The zero-order chi connectivity index (χ0) is 10.7. The van der Waals surface area contributed by atoms with Gasteiger partial charge >= 0.3 is 0 Å². The Kier molecular flexibility index (Phi) is 3.05. The van der Waals surface area contributed by atoms with Gasteiger partial charge in [0.05, 0.1) is 5.71 Å². The van der Waals surface area contributed by atoms with Crippen LogP contribution in [-0.4, -0.2) is 10.9 Å². The Morgan fingerprint density at radius 2 is 1.87 bits per heavy atom. The van der Waals surface area contributed by atoms with Gasteiger partial charge in [0.1, 0.15) is 0 Å². The lowest BCUT2D eigenvalue weighted by Gasteiger charge is -2.24. The van der Waals surface area contributed by atoms with E-state index in [1.165, 1.54) is 11.1 Å². The fraction of sp³-hybridized carbons (Fsp3) is 0.462. The summed E-state index contributed by atoms with van der Waals surface area (Å²) in [4.78, 5) is 0. The Morgan fingerprint density at radius 3 is 2.47 bits per heavy atom. The van der Waals surface area contributed by atoms with Crippen LogP contribution in [0.2, 0.25) is 0 Å². The van der Waals surface area contributed by atoms with Crippen LogP contribution in [0.15, 0.2) is 29.4 Å². The Balaban J connectivity index is 2.11. The van der Waals surface area contributed by atoms with Crippen LogP contribution in [0, 0.1) is 6.92 Å². The number of hydrogen-bond acceptors (Lipinski definition) is 2. The molecule has 0 aliphatic heterocycles. The molecule has 1 aliphatic carbocycles. The van der Waals surface area contributed by atoms with Gasteiger partial charge in [-0.25, -0.2) is 0 Å². The maximum absolute atomic E-state index is 8.69. The largest absolute Gasteiger partial charge is 0.411 e. The third-order valence-electron chi connectivity index (χ3n) is 3.33. The molecule has 1 N–H and O–H groups in total. The molecule has 1 aromatic rings. The molecular weight excluding hydrogens is 186 g/mol. The standard InChI is InChI=1S/C13H17NO/c1-10-4-2-3-5-13(10)11-6-8-12(14-15)9-7-11/h2-5,11,15H,6-9H2,1H3. The van der Waals surface area contributed by atoms with Crippen LogP contribution in [0.5, 0.6) is 0 Å². The van der Waals surface area contributed by atoms with Crippen molar-refractivity contribution < 1.29 is 5.21 Å². The fourth-order valence-corrected chi connectivity index (χ4v) is 2.41. The molecule has 0 heterocycles. The van der Waals surface area contributed by atoms with E-state index < -0.39 is 0 Å². The molecule has 1 fully saturated rings. The van der Waals surface area contributed by atoms with Crippen LogP contribution in [-0.2, 0) is 0 Å². The number of hydrogen-bond donors (Lipinski definition) is 1. The molecule has 0 aromatic heterocycles. The summed E-state index contributed by atoms with van der Waals surface area (Å²) in [5.74, 6) is 0.650. The summed E-state index contributed by atoms with van der Waals surface area (Å²) in [7, 11) is 0. The highest BCUT2D eigenvalue weighted by molar-refractivity contribution is 5.84. The van der Waals surface area contributed by atoms with Gasteiger partial charge in [0.2, 0.25) is 0 Å². The van der Waals surface area contributed by atoms with E-state index in [-0.39, 0.29) is 0 Å². The molecule has 0 unspecified atom stereocenters. The molecule has 0 atom stereocenters. The molecular formula is C13H17NO. The van der Waals surface area contributed by atoms with Crippen molar-refractivity contribution in [2.75, 3.05) is 0 Å². The summed E-state index contributed by atoms with van der Waals surface area (Å²) in [5, 5.41) is 12.0. The van der Waals surface area contributed by atoms with Crippen molar-refractivity contribution in [1.82, 2.24) is 0 Å². The molecule has 1 saturated carbocycles. The average Bonchev–Trinajstić information content (AvgIpc) is 2.30. The number of aryl methyl sites for hydroxylation is 1. The molecule has 2 heteroatoms. The lowest BCUT2D eigenvalue weighted by Crippen LogP contribution is -2.13. The summed E-state index contributed by atoms with van der Waals surface area (Å²) in [6, 6.07) is 8.59. The van der Waals surface area contributed by atoms with Crippen molar-refractivity contribution in [3.8, 4) is 0 Å². The second-order valence-electron chi connectivity index (χ2n) is 4.30. The molecule has 0 spiro atoms. The lowest BCUT2D eigenvalue weighted by molar-refractivity contribution is 0.313. The summed E-state index contributed by atoms with van der Waals surface area (Å²) in [5.41, 5.74) is 3.81. The highest BCUT2D eigenvalue weighted by Gasteiger charge is 2.20. The Morgan fingerprint density at radius 1 is 1.20 bits per heavy atom. The minimum atomic E-state index is 0.650. The van der Waals surface area contributed by atoms with Gasteiger partial charge in [0.15, 0.2) is 0 Å². The smallest absolute Gasteiger partial charge is 0.0571 e. The number of nitrogens with zero attached hydrogens (tertiary/aromatic N) is 1. The average molecular weight is 203 g/mol. The molecule has 15 heavy (non-hydrogen) atoms. The first kappa shape index (κ1) is 10.2. The van der Waals surface area contributed by atoms with Gasteiger partial charge in [-0.1, -0.05) is 29.4 Å². The minimum absolute atomic E-state index is 0.650. The molecule has 0 amide bonds. The zero-order valence-electron chi connectivity index (χ0n) is 9.11. The van der Waals surface area contributed by atoms with Gasteiger partial charge in [-0.2, -0.15) is 0 Å². The van der Waals surface area contributed by atoms with Crippen molar-refractivity contribution in [1.29, 1.82) is 0 Å². The number of benzene rings is 1. The minimum Gasteiger partial charge on any atom is -0.411 e. The summed E-state index contributed by atoms with van der Waals surface area (Å²) >= 11 is 0. The van der Waals surface area contributed by atoms with E-state index in [0.29, 0.717) is 5.92 Å². The fourth-order valence-electron chi connectivity index (χ4n) is 2.41. The molecule has 80 valence electrons. The summed E-state index contributed by atoms with van der Waals surface area (Å²) < 4.78 is 0. The second-order valence-corrected chi connectivity index (χ2v) is 4.30. The van der Waals surface area contributed by atoms with Crippen molar-refractivity contribution in [3.05, 3.63) is 35.4 Å². The van der Waals surface area contributed by atoms with Crippen molar-refractivity contribution in [2.24, 2.45) is 5.16 Å². The van der Waals surface area contributed by atoms with Crippen molar-refractivity contribution >= 4 is 5.71 Å². The van der Waals surface area contributed by atoms with Crippen molar-refractivity contribution in [2.45, 2.75) is 38.5 Å². The van der Waals surface area contributed by atoms with Gasteiger partial charge in [-0.3, -0.25) is 0 Å². The van der Waals surface area contributed by atoms with Crippen LogP contribution in [0.1, 0.15) is 42.7 Å². The highest BCUT2D eigenvalue weighted by Crippen LogP contribution is 2.33. The van der Waals surface area contributed by atoms with Crippen LogP contribution >= 0.6 is 0 Å². The van der Waals surface area contributed by atoms with E-state index in [2.05, 4.69) is 36.3 Å². The Hall–Kier alpha value is -1.31. The zero-order valence-corrected chi connectivity index (χ0v) is 9.11. The van der Waals surface area contributed by atoms with Gasteiger partial charge in [-0.15, -0.1) is 0 Å². The van der Waals surface area contributed by atoms with Crippen LogP contribution < -0.4 is 0 Å². The Labute approximate surface area is 90.6 Å². The van der Waals surface area contributed by atoms with E-state index in [1.54, 1.807) is 0 Å². The third kappa shape index (κ3) is 2.20. The third-order valence-corrected chi connectivity index (χ3v) is 3.33. The van der Waals surface area contributed by atoms with E-state index in [9.17, 15) is 0 Å². The lowest BCUT2D eigenvalue weighted by atomic mass is 9.81. The summed E-state index contributed by atoms with van der Waals surface area (Å²) in [6.07, 6.45) is 4.11. The van der Waals surface area contributed by atoms with Crippen molar-refractivity contribution in [3.63, 3.8) is 0 Å². The topological polar surface area (TPSA) is 32.6 Å². The molecule has 2 nitrogen and oxygen atoms in total. The van der Waals surface area contributed by atoms with E-state index in [4.69, 9.17) is 5.21 Å². The molecule has 1 aromatic carbocycles. The predicted octanol–water partition coefficient (Wildman–Crippen LogP) is 3.48. The molecule has 0 radical (unpaired) electrons. The number of rotatable bonds is 1. The first-order valence-corrected chi connectivity index (χ1v) is 5.56. The van der Waals surface area contributed by atoms with Crippen LogP contribution in [0.3, 0.4) is 0 Å². The normalized spacial score (nSPS) is 21.4. The SMILES string of the molecule is Cc1ccccc1C1CCC(=NO)CC1. The Bertz CT molecular complexity index is 361. The van der Waals surface area contributed by atoms with Crippen LogP contribution in [0.4, 0.5) is 0 Å². The van der Waals surface area contributed by atoms with Gasteiger partial charge in [-0.05, 0) is 49.7 Å². The predicted molar refractivity (Wildman–Crippen MR) is 61.6 cm³/mol. The maximum Gasteiger partial charge on any atom is 0.0571 e. The van der Waals surface area contributed by atoms with E-state index in [0.717, 1.165) is 31.4 Å². The van der Waals surface area contributed by atoms with Gasteiger partial charge in [0, 0.05) is 0 Å². The van der Waals surface area contributed by atoms with E-state index >= 15 is 0 Å². The van der Waals surface area contributed by atoms with Gasteiger partial charge < -0.3 is 5.21 Å². The molecule has 2 rings (SSSR count). The molecule has 0 bridgehead atoms. The van der Waals surface area contributed by atoms with Gasteiger partial charge in [0.25, 0.3) is 0 Å².